The highest BCUT2D eigenvalue weighted by molar-refractivity contribution is 5.94. The number of likely N-dealkylation sites (tertiary alicyclic amines) is 2. The Labute approximate surface area is 192 Å². The quantitative estimate of drug-likeness (QED) is 0.685. The van der Waals surface area contributed by atoms with E-state index in [0.29, 0.717) is 19.6 Å². The van der Waals surface area contributed by atoms with Crippen molar-refractivity contribution in [3.8, 4) is 5.75 Å². The zero-order chi connectivity index (χ0) is 22.3. The molecule has 1 aromatic carbocycles. The van der Waals surface area contributed by atoms with Crippen LogP contribution in [0.2, 0.25) is 0 Å². The average Bonchev–Trinajstić information content (AvgIpc) is 2.86. The molecule has 7 heteroatoms. The summed E-state index contributed by atoms with van der Waals surface area (Å²) in [5.41, 5.74) is 0.843. The summed E-state index contributed by atoms with van der Waals surface area (Å²) < 4.78 is 6.01. The van der Waals surface area contributed by atoms with Gasteiger partial charge in [-0.3, -0.25) is 9.69 Å². The van der Waals surface area contributed by atoms with Crippen molar-refractivity contribution in [3.05, 3.63) is 24.3 Å². The average molecular weight is 443 g/mol. The summed E-state index contributed by atoms with van der Waals surface area (Å²) in [5, 5.41) is 3.13. The maximum Gasteiger partial charge on any atom is 0.324 e. The minimum atomic E-state index is 0.00871. The van der Waals surface area contributed by atoms with Crippen molar-refractivity contribution in [1.82, 2.24) is 15.1 Å². The maximum atomic E-state index is 13.3. The van der Waals surface area contributed by atoms with Crippen molar-refractivity contribution in [1.29, 1.82) is 0 Å². The number of para-hydroxylation sites is 2. The Hall–Kier alpha value is -2.28. The second-order valence-electron chi connectivity index (χ2n) is 9.32. The van der Waals surface area contributed by atoms with Crippen molar-refractivity contribution >= 4 is 17.6 Å². The third-order valence-electron chi connectivity index (χ3n) is 7.06. The van der Waals surface area contributed by atoms with Gasteiger partial charge in [0.15, 0.2) is 0 Å². The van der Waals surface area contributed by atoms with Gasteiger partial charge in [-0.05, 0) is 70.3 Å². The topological polar surface area (TPSA) is 65.1 Å². The Morgan fingerprint density at radius 3 is 2.56 bits per heavy atom. The van der Waals surface area contributed by atoms with Crippen molar-refractivity contribution in [3.63, 3.8) is 0 Å². The molecule has 3 aliphatic heterocycles. The minimum Gasteiger partial charge on any atom is -0.486 e. The first-order valence-electron chi connectivity index (χ1n) is 12.5. The van der Waals surface area contributed by atoms with E-state index in [2.05, 4.69) is 17.1 Å². The van der Waals surface area contributed by atoms with E-state index in [1.807, 2.05) is 34.1 Å². The zero-order valence-corrected chi connectivity index (χ0v) is 19.4. The van der Waals surface area contributed by atoms with Gasteiger partial charge in [-0.2, -0.15) is 0 Å². The number of ether oxygens (including phenoxy) is 1. The Bertz CT molecular complexity index is 772. The van der Waals surface area contributed by atoms with E-state index in [0.717, 1.165) is 50.2 Å². The first kappa shape index (κ1) is 22.9. The first-order chi connectivity index (χ1) is 15.7. The molecule has 2 saturated heterocycles. The third kappa shape index (κ3) is 5.55. The summed E-state index contributed by atoms with van der Waals surface area (Å²) in [6, 6.07) is 7.79. The molecule has 0 aliphatic carbocycles. The van der Waals surface area contributed by atoms with Crippen LogP contribution in [0.1, 0.15) is 51.9 Å². The van der Waals surface area contributed by atoms with Crippen molar-refractivity contribution < 1.29 is 14.3 Å². The van der Waals surface area contributed by atoms with Gasteiger partial charge < -0.3 is 19.9 Å². The lowest BCUT2D eigenvalue weighted by Gasteiger charge is -2.39. The largest absolute Gasteiger partial charge is 0.486 e. The van der Waals surface area contributed by atoms with Crippen LogP contribution in [0.4, 0.5) is 10.5 Å². The summed E-state index contributed by atoms with van der Waals surface area (Å²) in [6.45, 7) is 8.13. The molecule has 7 nitrogen and oxygen atoms in total. The lowest BCUT2D eigenvalue weighted by Crippen LogP contribution is -2.52. The molecular weight excluding hydrogens is 404 g/mol. The molecule has 3 heterocycles. The molecule has 1 N–H and O–H groups in total. The molecule has 3 aliphatic rings. The normalized spacial score (nSPS) is 22.2. The van der Waals surface area contributed by atoms with Gasteiger partial charge >= 0.3 is 6.03 Å². The van der Waals surface area contributed by atoms with E-state index in [1.165, 1.54) is 32.4 Å². The molecule has 0 saturated carbocycles. The van der Waals surface area contributed by atoms with Crippen LogP contribution < -0.4 is 15.0 Å². The lowest BCUT2D eigenvalue weighted by molar-refractivity contribution is -0.126. The number of carbonyl (C=O) groups is 2. The highest BCUT2D eigenvalue weighted by Gasteiger charge is 2.34. The lowest BCUT2D eigenvalue weighted by atomic mass is 9.96. The number of hydrogen-bond acceptors (Lipinski definition) is 4. The fraction of sp³-hybridized carbons (Fsp3) is 0.680. The first-order valence-corrected chi connectivity index (χ1v) is 12.5. The van der Waals surface area contributed by atoms with E-state index < -0.39 is 0 Å². The number of fused-ring (bicyclic) bond motifs is 1. The fourth-order valence-corrected chi connectivity index (χ4v) is 5.04. The Morgan fingerprint density at radius 1 is 1.06 bits per heavy atom. The fourth-order valence-electron chi connectivity index (χ4n) is 5.04. The number of amides is 3. The molecule has 2 fully saturated rings. The summed E-state index contributed by atoms with van der Waals surface area (Å²) in [6.07, 6.45) is 7.31. The molecule has 1 atom stereocenters. The minimum absolute atomic E-state index is 0.00871. The highest BCUT2D eigenvalue weighted by Crippen LogP contribution is 2.35. The van der Waals surface area contributed by atoms with Crippen LogP contribution in [-0.2, 0) is 4.79 Å². The number of hydrogen-bond donors (Lipinski definition) is 1. The smallest absolute Gasteiger partial charge is 0.324 e. The van der Waals surface area contributed by atoms with Gasteiger partial charge in [-0.15, -0.1) is 0 Å². The standard InChI is InChI=1S/C25H38N4O3/c1-2-21-19-29(22-9-4-5-10-23(22)32-21)25(31)28-17-11-20(12-18-28)24(30)26-13-8-16-27-14-6-3-7-15-27/h4-5,9-10,20-21H,2-3,6-8,11-19H2,1H3,(H,26,30). The van der Waals surface area contributed by atoms with Crippen LogP contribution in [0.5, 0.6) is 5.75 Å². The molecule has 1 unspecified atom stereocenters. The molecule has 176 valence electrons. The van der Waals surface area contributed by atoms with Crippen LogP contribution in [0, 0.1) is 5.92 Å². The van der Waals surface area contributed by atoms with Gasteiger partial charge in [0.1, 0.15) is 11.9 Å². The van der Waals surface area contributed by atoms with E-state index in [9.17, 15) is 9.59 Å². The Morgan fingerprint density at radius 2 is 1.81 bits per heavy atom. The van der Waals surface area contributed by atoms with E-state index in [1.54, 1.807) is 0 Å². The number of carbonyl (C=O) groups excluding carboxylic acids is 2. The summed E-state index contributed by atoms with van der Waals surface area (Å²) in [7, 11) is 0. The number of urea groups is 1. The van der Waals surface area contributed by atoms with Gasteiger partial charge in [0.2, 0.25) is 5.91 Å². The molecule has 0 aromatic heterocycles. The Balaban J connectivity index is 1.22. The van der Waals surface area contributed by atoms with Crippen LogP contribution in [-0.4, -0.2) is 73.7 Å². The van der Waals surface area contributed by atoms with Gasteiger partial charge in [0.05, 0.1) is 12.2 Å². The molecule has 32 heavy (non-hydrogen) atoms. The van der Waals surface area contributed by atoms with Crippen LogP contribution in [0.3, 0.4) is 0 Å². The monoisotopic (exact) mass is 442 g/mol. The number of benzene rings is 1. The molecule has 1 aromatic rings. The predicted octanol–water partition coefficient (Wildman–Crippen LogP) is 3.49. The van der Waals surface area contributed by atoms with E-state index in [4.69, 9.17) is 4.74 Å². The van der Waals surface area contributed by atoms with E-state index >= 15 is 0 Å². The molecule has 0 spiro atoms. The van der Waals surface area contributed by atoms with Gasteiger partial charge in [0.25, 0.3) is 0 Å². The molecule has 0 bridgehead atoms. The number of anilines is 1. The van der Waals surface area contributed by atoms with Gasteiger partial charge in [-0.1, -0.05) is 25.5 Å². The second kappa shape index (κ2) is 11.0. The molecule has 4 rings (SSSR count). The summed E-state index contributed by atoms with van der Waals surface area (Å²) in [5.74, 6) is 0.936. The van der Waals surface area contributed by atoms with Crippen molar-refractivity contribution in [2.45, 2.75) is 58.0 Å². The number of piperidine rings is 2. The number of nitrogens with one attached hydrogen (secondary N) is 1. The maximum absolute atomic E-state index is 13.3. The third-order valence-corrected chi connectivity index (χ3v) is 7.06. The molecular formula is C25H38N4O3. The van der Waals surface area contributed by atoms with Gasteiger partial charge in [-0.25, -0.2) is 4.79 Å². The summed E-state index contributed by atoms with van der Waals surface area (Å²) >= 11 is 0. The zero-order valence-electron chi connectivity index (χ0n) is 19.4. The highest BCUT2D eigenvalue weighted by atomic mass is 16.5. The summed E-state index contributed by atoms with van der Waals surface area (Å²) in [4.78, 5) is 32.2. The van der Waals surface area contributed by atoms with Crippen LogP contribution in [0.25, 0.3) is 0 Å². The second-order valence-corrected chi connectivity index (χ2v) is 9.32. The van der Waals surface area contributed by atoms with Gasteiger partial charge in [0, 0.05) is 25.6 Å². The molecule has 3 amide bonds. The van der Waals surface area contributed by atoms with Crippen molar-refractivity contribution in [2.24, 2.45) is 5.92 Å². The van der Waals surface area contributed by atoms with Crippen LogP contribution >= 0.6 is 0 Å². The van der Waals surface area contributed by atoms with Crippen LogP contribution in [0.15, 0.2) is 24.3 Å². The SMILES string of the molecule is CCC1CN(C(=O)N2CCC(C(=O)NCCCN3CCCCC3)CC2)c2ccccc2O1. The number of rotatable bonds is 6. The predicted molar refractivity (Wildman–Crippen MR) is 126 cm³/mol. The Kier molecular flexibility index (Phi) is 7.90. The van der Waals surface area contributed by atoms with Crippen molar-refractivity contribution in [2.75, 3.05) is 50.7 Å². The van der Waals surface area contributed by atoms with E-state index in [-0.39, 0.29) is 24.0 Å². The molecule has 0 radical (unpaired) electrons. The number of nitrogens with zero attached hydrogens (tertiary/aromatic N) is 3.